The van der Waals surface area contributed by atoms with Crippen LogP contribution in [0.1, 0.15) is 11.1 Å². The summed E-state index contributed by atoms with van der Waals surface area (Å²) in [6.45, 7) is 0. The number of isothiocyanates is 1. The first kappa shape index (κ1) is 15.1. The van der Waals surface area contributed by atoms with Crippen LogP contribution in [0.3, 0.4) is 0 Å². The Morgan fingerprint density at radius 1 is 1.45 bits per heavy atom. The molecule has 1 aliphatic heterocycles. The van der Waals surface area contributed by atoms with Crippen LogP contribution in [0.2, 0.25) is 5.02 Å². The van der Waals surface area contributed by atoms with Crippen LogP contribution in [0.25, 0.3) is 0 Å². The summed E-state index contributed by atoms with van der Waals surface area (Å²) < 4.78 is 0. The van der Waals surface area contributed by atoms with Crippen LogP contribution in [0.4, 0.5) is 5.69 Å². The molecule has 0 aliphatic carbocycles. The Balaban J connectivity index is 2.29. The van der Waals surface area contributed by atoms with E-state index < -0.39 is 6.17 Å². The van der Waals surface area contributed by atoms with Crippen molar-refractivity contribution < 1.29 is 4.79 Å². The lowest BCUT2D eigenvalue weighted by atomic mass is 10.0. The molecule has 1 aromatic heterocycles. The van der Waals surface area contributed by atoms with Gasteiger partial charge in [0.2, 0.25) is 6.17 Å². The second-order valence-electron chi connectivity index (χ2n) is 4.64. The molecule has 7 heteroatoms. The normalized spacial score (nSPS) is 17.4. The minimum atomic E-state index is -0.927. The molecule has 1 atom stereocenters. The predicted octanol–water partition coefficient (Wildman–Crippen LogP) is 3.64. The number of carbonyl (C=O) groups excluding carboxylic acids is 1. The van der Waals surface area contributed by atoms with Gasteiger partial charge in [-0.1, -0.05) is 11.6 Å². The number of carbonyl (C=O) groups is 1. The minimum absolute atomic E-state index is 0.258. The van der Waals surface area contributed by atoms with Crippen LogP contribution in [0, 0.1) is 0 Å². The summed E-state index contributed by atoms with van der Waals surface area (Å²) in [4.78, 5) is 22.4. The van der Waals surface area contributed by atoms with E-state index in [0.29, 0.717) is 10.7 Å². The zero-order chi connectivity index (χ0) is 15.7. The molecular formula is C15H10ClN3OS2. The first-order valence-corrected chi connectivity index (χ1v) is 8.09. The van der Waals surface area contributed by atoms with E-state index in [9.17, 15) is 4.79 Å². The smallest absolute Gasteiger partial charge is 0.274 e. The maximum Gasteiger partial charge on any atom is 0.274 e. The van der Waals surface area contributed by atoms with E-state index in [1.807, 2.05) is 16.8 Å². The number of thiocarbonyl (C=S) groups is 1. The second-order valence-corrected chi connectivity index (χ2v) is 6.04. The fourth-order valence-corrected chi connectivity index (χ4v) is 3.21. The van der Waals surface area contributed by atoms with Gasteiger partial charge in [0.1, 0.15) is 0 Å². The molecule has 0 fully saturated rings. The Labute approximate surface area is 141 Å². The molecule has 1 aliphatic rings. The topological polar surface area (TPSA) is 45.0 Å². The lowest BCUT2D eigenvalue weighted by Gasteiger charge is -2.18. The van der Waals surface area contributed by atoms with Crippen LogP contribution in [-0.4, -0.2) is 30.0 Å². The molecule has 2 heterocycles. The highest BCUT2D eigenvalue weighted by Gasteiger charge is 2.29. The van der Waals surface area contributed by atoms with Gasteiger partial charge in [0.25, 0.3) is 5.91 Å². The number of anilines is 1. The van der Waals surface area contributed by atoms with Gasteiger partial charge in [0.15, 0.2) is 0 Å². The van der Waals surface area contributed by atoms with Gasteiger partial charge in [-0.3, -0.25) is 4.79 Å². The fourth-order valence-electron chi connectivity index (χ4n) is 2.29. The molecule has 0 saturated heterocycles. The van der Waals surface area contributed by atoms with Crippen LogP contribution in [0.15, 0.2) is 45.0 Å². The molecular weight excluding hydrogens is 338 g/mol. The molecule has 1 amide bonds. The van der Waals surface area contributed by atoms with E-state index in [0.717, 1.165) is 16.8 Å². The van der Waals surface area contributed by atoms with Crippen molar-refractivity contribution in [1.29, 1.82) is 0 Å². The number of hydrogen-bond donors (Lipinski definition) is 0. The van der Waals surface area contributed by atoms with Crippen LogP contribution in [0.5, 0.6) is 0 Å². The average Bonchev–Trinajstić information content (AvgIpc) is 3.01. The minimum Gasteiger partial charge on any atom is -0.311 e. The van der Waals surface area contributed by atoms with Crippen molar-refractivity contribution in [1.82, 2.24) is 0 Å². The van der Waals surface area contributed by atoms with Gasteiger partial charge in [0, 0.05) is 28.6 Å². The van der Waals surface area contributed by atoms with Crippen molar-refractivity contribution >= 4 is 57.6 Å². The fraction of sp³-hybridized carbons (Fsp3) is 0.133. The first-order chi connectivity index (χ1) is 10.6. The maximum atomic E-state index is 12.5. The summed E-state index contributed by atoms with van der Waals surface area (Å²) in [6.07, 6.45) is -0.927. The molecule has 0 N–H and O–H groups in total. The number of fused-ring (bicyclic) bond motifs is 1. The number of hydrogen-bond acceptors (Lipinski definition) is 5. The number of thiophene rings is 1. The third-order valence-corrected chi connectivity index (χ3v) is 4.37. The molecule has 110 valence electrons. The molecule has 0 bridgehead atoms. The van der Waals surface area contributed by atoms with Crippen molar-refractivity contribution in [2.45, 2.75) is 6.17 Å². The first-order valence-electron chi connectivity index (χ1n) is 6.36. The third-order valence-electron chi connectivity index (χ3n) is 3.35. The van der Waals surface area contributed by atoms with E-state index >= 15 is 0 Å². The van der Waals surface area contributed by atoms with E-state index in [2.05, 4.69) is 27.4 Å². The molecule has 0 spiro atoms. The Bertz CT molecular complexity index is 810. The number of nitrogens with zero attached hydrogens (tertiary/aromatic N) is 3. The van der Waals surface area contributed by atoms with Crippen molar-refractivity contribution in [2.75, 3.05) is 11.9 Å². The summed E-state index contributed by atoms with van der Waals surface area (Å²) in [5.74, 6) is -0.258. The molecule has 4 nitrogen and oxygen atoms in total. The summed E-state index contributed by atoms with van der Waals surface area (Å²) in [7, 11) is 1.69. The van der Waals surface area contributed by atoms with E-state index in [1.54, 1.807) is 36.6 Å². The van der Waals surface area contributed by atoms with Gasteiger partial charge < -0.3 is 4.90 Å². The Kier molecular flexibility index (Phi) is 4.18. The number of benzodiazepines with no additional fused rings is 1. The van der Waals surface area contributed by atoms with Crippen molar-refractivity contribution in [3.05, 3.63) is 51.2 Å². The maximum absolute atomic E-state index is 12.5. The number of amides is 1. The molecule has 2 aromatic rings. The third kappa shape index (κ3) is 2.62. The van der Waals surface area contributed by atoms with Crippen molar-refractivity contribution in [3.8, 4) is 0 Å². The summed E-state index contributed by atoms with van der Waals surface area (Å²) in [5, 5.41) is 6.76. The molecule has 3 rings (SSSR count). The summed E-state index contributed by atoms with van der Waals surface area (Å²) in [5.41, 5.74) is 3.13. The van der Waals surface area contributed by atoms with E-state index in [4.69, 9.17) is 11.6 Å². The number of benzene rings is 1. The van der Waals surface area contributed by atoms with Gasteiger partial charge in [-0.25, -0.2) is 4.99 Å². The van der Waals surface area contributed by atoms with Gasteiger partial charge >= 0.3 is 0 Å². The molecule has 1 unspecified atom stereocenters. The highest BCUT2D eigenvalue weighted by Crippen LogP contribution is 2.30. The van der Waals surface area contributed by atoms with Crippen LogP contribution >= 0.6 is 35.2 Å². The van der Waals surface area contributed by atoms with E-state index in [1.165, 1.54) is 4.90 Å². The number of rotatable bonds is 2. The highest BCUT2D eigenvalue weighted by molar-refractivity contribution is 7.78. The second kappa shape index (κ2) is 6.10. The number of halogens is 1. The van der Waals surface area contributed by atoms with Crippen LogP contribution in [-0.2, 0) is 4.79 Å². The zero-order valence-corrected chi connectivity index (χ0v) is 13.9. The quantitative estimate of drug-likeness (QED) is 0.615. The SMILES string of the molecule is CN1C(=O)C(N=C=S)N=C(c2ccsc2)c2cc(Cl)ccc21. The molecule has 0 saturated carbocycles. The van der Waals surface area contributed by atoms with Crippen molar-refractivity contribution in [2.24, 2.45) is 9.98 Å². The Morgan fingerprint density at radius 2 is 2.27 bits per heavy atom. The molecule has 1 aromatic carbocycles. The predicted molar refractivity (Wildman–Crippen MR) is 93.6 cm³/mol. The molecule has 22 heavy (non-hydrogen) atoms. The molecule has 0 radical (unpaired) electrons. The van der Waals surface area contributed by atoms with Gasteiger partial charge in [-0.05, 0) is 41.9 Å². The standard InChI is InChI=1S/C15H10ClN3OS2/c1-19-12-3-2-10(16)6-11(12)13(9-4-5-22-7-9)18-14(15(19)20)17-8-21/h2-7,14H,1H3. The van der Waals surface area contributed by atoms with E-state index in [-0.39, 0.29) is 5.91 Å². The Hall–Kier alpha value is -1.85. The van der Waals surface area contributed by atoms with Crippen molar-refractivity contribution in [3.63, 3.8) is 0 Å². The number of aliphatic imine (C=N–C) groups is 2. The summed E-state index contributed by atoms with van der Waals surface area (Å²) >= 11 is 12.3. The Morgan fingerprint density at radius 3 is 2.95 bits per heavy atom. The summed E-state index contributed by atoms with van der Waals surface area (Å²) in [6, 6.07) is 7.31. The van der Waals surface area contributed by atoms with Gasteiger partial charge in [0.05, 0.1) is 16.6 Å². The average molecular weight is 348 g/mol. The lowest BCUT2D eigenvalue weighted by molar-refractivity contribution is -0.119. The van der Waals surface area contributed by atoms with Crippen LogP contribution < -0.4 is 4.90 Å². The van der Waals surface area contributed by atoms with Gasteiger partial charge in [-0.2, -0.15) is 16.3 Å². The van der Waals surface area contributed by atoms with Gasteiger partial charge in [-0.15, -0.1) is 0 Å². The highest BCUT2D eigenvalue weighted by atomic mass is 35.5. The number of likely N-dealkylation sites (N-methyl/N-ethyl adjacent to an activating group) is 1. The largest absolute Gasteiger partial charge is 0.311 e. The monoisotopic (exact) mass is 347 g/mol. The lowest BCUT2D eigenvalue weighted by Crippen LogP contribution is -2.33. The zero-order valence-electron chi connectivity index (χ0n) is 11.5.